The number of rotatable bonds is 3. The van der Waals surface area contributed by atoms with Gasteiger partial charge in [0, 0.05) is 17.0 Å². The third-order valence-electron chi connectivity index (χ3n) is 4.09. The van der Waals surface area contributed by atoms with Crippen molar-refractivity contribution in [3.63, 3.8) is 0 Å². The molecule has 130 valence electrons. The molecule has 0 fully saturated rings. The number of aromatic hydroxyl groups is 1. The van der Waals surface area contributed by atoms with Gasteiger partial charge < -0.3 is 19.8 Å². The minimum atomic E-state index is -0.675. The second kappa shape index (κ2) is 5.92. The molecule has 2 aromatic heterocycles. The number of methoxy groups -OCH3 is 1. The predicted molar refractivity (Wildman–Crippen MR) is 98.3 cm³/mol. The highest BCUT2D eigenvalue weighted by molar-refractivity contribution is 6.04. The highest BCUT2D eigenvalue weighted by Gasteiger charge is 2.13. The topological polar surface area (TPSA) is 112 Å². The van der Waals surface area contributed by atoms with Gasteiger partial charge in [-0.1, -0.05) is 12.1 Å². The lowest BCUT2D eigenvalue weighted by Crippen LogP contribution is -2.32. The van der Waals surface area contributed by atoms with Gasteiger partial charge in [0.2, 0.25) is 0 Å². The molecule has 0 radical (unpaired) electrons. The second-order valence-corrected chi connectivity index (χ2v) is 5.64. The van der Waals surface area contributed by atoms with Crippen molar-refractivity contribution in [2.75, 3.05) is 7.11 Å². The number of fused-ring (bicyclic) bond motifs is 3. The Labute approximate surface area is 146 Å². The molecule has 0 spiro atoms. The standard InChI is InChI=1S/C18H14N4O4/c1-26-11-6-7-12-13(8-11)20-16-15(12)21-18(25)22(17(16)24)19-9-10-4-2-3-5-14(10)23/h2-9,20,23H,1H3,(H,21,25)/b19-9+. The minimum Gasteiger partial charge on any atom is -0.507 e. The van der Waals surface area contributed by atoms with Gasteiger partial charge in [-0.15, -0.1) is 4.68 Å². The number of H-pyrrole nitrogens is 2. The van der Waals surface area contributed by atoms with Gasteiger partial charge in [0.05, 0.1) is 24.4 Å². The van der Waals surface area contributed by atoms with Crippen LogP contribution >= 0.6 is 0 Å². The Bertz CT molecular complexity index is 1280. The molecule has 8 nitrogen and oxygen atoms in total. The molecule has 4 aromatic rings. The summed E-state index contributed by atoms with van der Waals surface area (Å²) in [6.45, 7) is 0. The average Bonchev–Trinajstić information content (AvgIpc) is 3.00. The number of aromatic nitrogens is 3. The first-order valence-electron chi connectivity index (χ1n) is 7.75. The SMILES string of the molecule is COc1ccc2c(c1)[nH]c1c(=O)n(/N=C/c3ccccc3O)c(=O)[nH]c12. The summed E-state index contributed by atoms with van der Waals surface area (Å²) in [6, 6.07) is 11.7. The van der Waals surface area contributed by atoms with Crippen molar-refractivity contribution in [3.05, 3.63) is 68.9 Å². The molecule has 0 unspecified atom stereocenters. The highest BCUT2D eigenvalue weighted by Crippen LogP contribution is 2.24. The lowest BCUT2D eigenvalue weighted by atomic mass is 10.2. The van der Waals surface area contributed by atoms with Crippen molar-refractivity contribution in [2.24, 2.45) is 5.10 Å². The summed E-state index contributed by atoms with van der Waals surface area (Å²) >= 11 is 0. The van der Waals surface area contributed by atoms with Crippen LogP contribution in [-0.4, -0.2) is 33.1 Å². The molecule has 0 saturated heterocycles. The zero-order valence-electron chi connectivity index (χ0n) is 13.7. The summed E-state index contributed by atoms with van der Waals surface area (Å²) in [7, 11) is 1.55. The summed E-state index contributed by atoms with van der Waals surface area (Å²) in [6.07, 6.45) is 1.25. The number of phenols is 1. The van der Waals surface area contributed by atoms with Crippen molar-refractivity contribution < 1.29 is 9.84 Å². The number of nitrogens with one attached hydrogen (secondary N) is 2. The summed E-state index contributed by atoms with van der Waals surface area (Å²) in [5.41, 5.74) is 0.417. The maximum absolute atomic E-state index is 12.7. The van der Waals surface area contributed by atoms with E-state index in [0.29, 0.717) is 32.4 Å². The number of benzene rings is 2. The Hall–Kier alpha value is -3.81. The Morgan fingerprint density at radius 2 is 1.92 bits per heavy atom. The lowest BCUT2D eigenvalue weighted by molar-refractivity contribution is 0.415. The molecule has 4 rings (SSSR count). The molecule has 0 saturated carbocycles. The van der Waals surface area contributed by atoms with Crippen LogP contribution in [-0.2, 0) is 0 Å². The predicted octanol–water partition coefficient (Wildman–Crippen LogP) is 1.77. The van der Waals surface area contributed by atoms with Crippen LogP contribution in [0.15, 0.2) is 57.2 Å². The van der Waals surface area contributed by atoms with Crippen LogP contribution in [0.5, 0.6) is 11.5 Å². The highest BCUT2D eigenvalue weighted by atomic mass is 16.5. The number of aromatic amines is 2. The monoisotopic (exact) mass is 350 g/mol. The fraction of sp³-hybridized carbons (Fsp3) is 0.0556. The quantitative estimate of drug-likeness (QED) is 0.489. The molecule has 8 heteroatoms. The first-order chi connectivity index (χ1) is 12.6. The van der Waals surface area contributed by atoms with Crippen LogP contribution in [0.1, 0.15) is 5.56 Å². The van der Waals surface area contributed by atoms with Gasteiger partial charge in [-0.2, -0.15) is 5.10 Å². The number of hydrogen-bond donors (Lipinski definition) is 3. The second-order valence-electron chi connectivity index (χ2n) is 5.64. The van der Waals surface area contributed by atoms with Gasteiger partial charge in [-0.25, -0.2) is 4.79 Å². The third-order valence-corrected chi connectivity index (χ3v) is 4.09. The molecule has 0 aliphatic rings. The fourth-order valence-electron chi connectivity index (χ4n) is 2.77. The fourth-order valence-corrected chi connectivity index (χ4v) is 2.77. The maximum Gasteiger partial charge on any atom is 0.350 e. The first-order valence-corrected chi connectivity index (χ1v) is 7.75. The minimum absolute atomic E-state index is 0.000451. The Balaban J connectivity index is 1.91. The smallest absolute Gasteiger partial charge is 0.350 e. The van der Waals surface area contributed by atoms with E-state index < -0.39 is 11.2 Å². The molecule has 2 heterocycles. The zero-order valence-corrected chi connectivity index (χ0v) is 13.7. The van der Waals surface area contributed by atoms with E-state index in [0.717, 1.165) is 0 Å². The van der Waals surface area contributed by atoms with Crippen molar-refractivity contribution in [1.29, 1.82) is 0 Å². The van der Waals surface area contributed by atoms with Crippen LogP contribution in [0.4, 0.5) is 0 Å². The average molecular weight is 350 g/mol. The van der Waals surface area contributed by atoms with Crippen LogP contribution in [0.25, 0.3) is 21.9 Å². The van der Waals surface area contributed by atoms with E-state index in [9.17, 15) is 14.7 Å². The molecule has 2 aromatic carbocycles. The molecule has 26 heavy (non-hydrogen) atoms. The van der Waals surface area contributed by atoms with E-state index >= 15 is 0 Å². The molecular weight excluding hydrogens is 336 g/mol. The molecule has 0 amide bonds. The number of ether oxygens (including phenoxy) is 1. The van der Waals surface area contributed by atoms with Crippen molar-refractivity contribution in [1.82, 2.24) is 14.6 Å². The van der Waals surface area contributed by atoms with Crippen LogP contribution in [0, 0.1) is 0 Å². The normalized spacial score (nSPS) is 11.6. The van der Waals surface area contributed by atoms with Gasteiger partial charge in [0.15, 0.2) is 0 Å². The van der Waals surface area contributed by atoms with Crippen molar-refractivity contribution in [2.45, 2.75) is 0 Å². The molecule has 0 aliphatic carbocycles. The van der Waals surface area contributed by atoms with Gasteiger partial charge in [-0.05, 0) is 24.3 Å². The molecular formula is C18H14N4O4. The van der Waals surface area contributed by atoms with Gasteiger partial charge >= 0.3 is 11.2 Å². The summed E-state index contributed by atoms with van der Waals surface area (Å²) < 4.78 is 5.88. The number of phenolic OH excluding ortho intramolecular Hbond substituents is 1. The van der Waals surface area contributed by atoms with E-state index in [2.05, 4.69) is 15.1 Å². The molecule has 0 atom stereocenters. The van der Waals surface area contributed by atoms with Crippen molar-refractivity contribution >= 4 is 28.2 Å². The van der Waals surface area contributed by atoms with E-state index in [1.54, 1.807) is 43.5 Å². The number of para-hydroxylation sites is 1. The first kappa shape index (κ1) is 15.7. The molecule has 0 aliphatic heterocycles. The molecule has 3 N–H and O–H groups in total. The Kier molecular flexibility index (Phi) is 3.58. The van der Waals surface area contributed by atoms with E-state index in [1.807, 2.05) is 0 Å². The molecule has 0 bridgehead atoms. The zero-order chi connectivity index (χ0) is 18.3. The largest absolute Gasteiger partial charge is 0.507 e. The number of nitrogens with zero attached hydrogens (tertiary/aromatic N) is 2. The maximum atomic E-state index is 12.7. The van der Waals surface area contributed by atoms with E-state index in [-0.39, 0.29) is 11.3 Å². The van der Waals surface area contributed by atoms with Gasteiger partial charge in [0.25, 0.3) is 0 Å². The van der Waals surface area contributed by atoms with E-state index in [1.165, 1.54) is 12.3 Å². The van der Waals surface area contributed by atoms with E-state index in [4.69, 9.17) is 4.74 Å². The summed E-state index contributed by atoms with van der Waals surface area (Å²) in [4.78, 5) is 30.7. The van der Waals surface area contributed by atoms with Crippen molar-refractivity contribution in [3.8, 4) is 11.5 Å². The number of hydrogen-bond acceptors (Lipinski definition) is 5. The van der Waals surface area contributed by atoms with Crippen LogP contribution < -0.4 is 16.0 Å². The van der Waals surface area contributed by atoms with Gasteiger partial charge in [0.1, 0.15) is 17.0 Å². The lowest BCUT2D eigenvalue weighted by Gasteiger charge is -1.99. The van der Waals surface area contributed by atoms with Crippen LogP contribution in [0.3, 0.4) is 0 Å². The Morgan fingerprint density at radius 3 is 2.69 bits per heavy atom. The Morgan fingerprint density at radius 1 is 1.12 bits per heavy atom. The van der Waals surface area contributed by atoms with Gasteiger partial charge in [-0.3, -0.25) is 4.79 Å². The third kappa shape index (κ3) is 2.44. The summed E-state index contributed by atoms with van der Waals surface area (Å²) in [5.74, 6) is 0.629. The van der Waals surface area contributed by atoms with Crippen LogP contribution in [0.2, 0.25) is 0 Å². The summed E-state index contributed by atoms with van der Waals surface area (Å²) in [5, 5.41) is 14.4.